The summed E-state index contributed by atoms with van der Waals surface area (Å²) in [6, 6.07) is 10.5. The predicted octanol–water partition coefficient (Wildman–Crippen LogP) is 3.51. The third-order valence-corrected chi connectivity index (χ3v) is 5.89. The van der Waals surface area contributed by atoms with Gasteiger partial charge in [0, 0.05) is 24.3 Å². The van der Waals surface area contributed by atoms with Gasteiger partial charge in [0.05, 0.1) is 5.69 Å². The van der Waals surface area contributed by atoms with Gasteiger partial charge in [-0.25, -0.2) is 9.82 Å². The molecule has 0 spiro atoms. The summed E-state index contributed by atoms with van der Waals surface area (Å²) in [6.07, 6.45) is 3.47. The lowest BCUT2D eigenvalue weighted by atomic mass is 9.99. The van der Waals surface area contributed by atoms with E-state index in [0.717, 1.165) is 42.9 Å². The molecule has 3 aliphatic rings. The lowest BCUT2D eigenvalue weighted by molar-refractivity contribution is -0.122. The van der Waals surface area contributed by atoms with E-state index in [0.29, 0.717) is 17.1 Å². The molecule has 1 saturated heterocycles. The third kappa shape index (κ3) is 3.01. The molecule has 6 nitrogen and oxygen atoms in total. The molecule has 7 heteroatoms. The van der Waals surface area contributed by atoms with Gasteiger partial charge in [-0.05, 0) is 56.0 Å². The van der Waals surface area contributed by atoms with Crippen LogP contribution in [0.4, 0.5) is 15.8 Å². The number of ether oxygens (including phenoxy) is 1. The van der Waals surface area contributed by atoms with Gasteiger partial charge in [0.25, 0.3) is 5.91 Å². The van der Waals surface area contributed by atoms with E-state index in [-0.39, 0.29) is 24.4 Å². The van der Waals surface area contributed by atoms with Gasteiger partial charge in [-0.3, -0.25) is 4.79 Å². The van der Waals surface area contributed by atoms with Crippen LogP contribution in [-0.2, 0) is 4.79 Å². The number of piperidine rings is 1. The number of hydrogen-bond acceptors (Lipinski definition) is 5. The van der Waals surface area contributed by atoms with Crippen LogP contribution in [-0.4, -0.2) is 37.5 Å². The molecule has 0 aliphatic carbocycles. The van der Waals surface area contributed by atoms with Gasteiger partial charge in [-0.2, -0.15) is 5.10 Å². The van der Waals surface area contributed by atoms with Crippen molar-refractivity contribution in [3.05, 3.63) is 42.2 Å². The SMILES string of the molecule is C[C@@H]1C(=O)NN=C2COc3cc(-c4c(F)cccc4N4CCCCC4)ccc3N21. The normalized spacial score (nSPS) is 21.0. The number of hydrogen-bond donors (Lipinski definition) is 1. The fourth-order valence-electron chi connectivity index (χ4n) is 4.38. The maximum atomic E-state index is 15.0. The predicted molar refractivity (Wildman–Crippen MR) is 111 cm³/mol. The molecule has 5 rings (SSSR count). The quantitative estimate of drug-likeness (QED) is 0.847. The van der Waals surface area contributed by atoms with Crippen molar-refractivity contribution in [1.29, 1.82) is 0 Å². The summed E-state index contributed by atoms with van der Waals surface area (Å²) in [5.41, 5.74) is 5.60. The van der Waals surface area contributed by atoms with Crippen LogP contribution in [0, 0.1) is 5.82 Å². The molecule has 29 heavy (non-hydrogen) atoms. The van der Waals surface area contributed by atoms with Crippen molar-refractivity contribution >= 4 is 23.1 Å². The molecule has 0 saturated carbocycles. The number of carbonyl (C=O) groups excluding carboxylic acids is 1. The fourth-order valence-corrected chi connectivity index (χ4v) is 4.38. The Morgan fingerprint density at radius 2 is 1.97 bits per heavy atom. The number of rotatable bonds is 2. The molecule has 0 radical (unpaired) electrons. The van der Waals surface area contributed by atoms with Gasteiger partial charge in [0.15, 0.2) is 5.84 Å². The van der Waals surface area contributed by atoms with Crippen molar-refractivity contribution in [2.24, 2.45) is 5.10 Å². The Bertz CT molecular complexity index is 1000. The van der Waals surface area contributed by atoms with Crippen LogP contribution in [0.3, 0.4) is 0 Å². The first-order valence-corrected chi connectivity index (χ1v) is 10.1. The Morgan fingerprint density at radius 1 is 1.14 bits per heavy atom. The number of amidine groups is 1. The molecular formula is C22H23FN4O2. The molecule has 0 unspecified atom stereocenters. The third-order valence-electron chi connectivity index (χ3n) is 5.89. The number of hydrazone groups is 1. The molecule has 1 fully saturated rings. The average molecular weight is 394 g/mol. The van der Waals surface area contributed by atoms with Crippen LogP contribution in [0.25, 0.3) is 11.1 Å². The summed E-state index contributed by atoms with van der Waals surface area (Å²) in [5.74, 6) is 0.900. The topological polar surface area (TPSA) is 57.2 Å². The molecule has 2 aromatic carbocycles. The Balaban J connectivity index is 1.57. The van der Waals surface area contributed by atoms with Crippen LogP contribution < -0.4 is 20.0 Å². The summed E-state index contributed by atoms with van der Waals surface area (Å²) >= 11 is 0. The van der Waals surface area contributed by atoms with Gasteiger partial charge in [-0.15, -0.1) is 0 Å². The van der Waals surface area contributed by atoms with E-state index in [2.05, 4.69) is 15.4 Å². The number of anilines is 2. The van der Waals surface area contributed by atoms with Crippen LogP contribution in [0.2, 0.25) is 0 Å². The summed E-state index contributed by atoms with van der Waals surface area (Å²) in [5, 5.41) is 4.10. The number of amides is 1. The zero-order valence-electron chi connectivity index (χ0n) is 16.3. The Kier molecular flexibility index (Phi) is 4.38. The van der Waals surface area contributed by atoms with Crippen molar-refractivity contribution < 1.29 is 13.9 Å². The molecule has 1 atom stereocenters. The molecule has 0 aromatic heterocycles. The second-order valence-electron chi connectivity index (χ2n) is 7.70. The number of nitrogens with one attached hydrogen (secondary N) is 1. The van der Waals surface area contributed by atoms with Gasteiger partial charge in [0.1, 0.15) is 24.2 Å². The van der Waals surface area contributed by atoms with Crippen molar-refractivity contribution in [3.63, 3.8) is 0 Å². The van der Waals surface area contributed by atoms with Gasteiger partial charge < -0.3 is 14.5 Å². The maximum absolute atomic E-state index is 15.0. The number of benzene rings is 2. The summed E-state index contributed by atoms with van der Waals surface area (Å²) in [6.45, 7) is 3.98. The highest BCUT2D eigenvalue weighted by atomic mass is 19.1. The average Bonchev–Trinajstić information content (AvgIpc) is 2.76. The molecule has 1 N–H and O–H groups in total. The molecule has 0 bridgehead atoms. The minimum absolute atomic E-state index is 0.160. The molecule has 3 heterocycles. The van der Waals surface area contributed by atoms with Crippen LogP contribution >= 0.6 is 0 Å². The van der Waals surface area contributed by atoms with Crippen molar-refractivity contribution in [1.82, 2.24) is 5.43 Å². The van der Waals surface area contributed by atoms with Crippen LogP contribution in [0.1, 0.15) is 26.2 Å². The van der Waals surface area contributed by atoms with Crippen LogP contribution in [0.5, 0.6) is 5.75 Å². The van der Waals surface area contributed by atoms with Crippen molar-refractivity contribution in [2.75, 3.05) is 29.5 Å². The molecule has 2 aromatic rings. The fraction of sp³-hybridized carbons (Fsp3) is 0.364. The molecule has 3 aliphatic heterocycles. The second-order valence-corrected chi connectivity index (χ2v) is 7.70. The Morgan fingerprint density at radius 3 is 2.79 bits per heavy atom. The van der Waals surface area contributed by atoms with E-state index in [9.17, 15) is 9.18 Å². The highest BCUT2D eigenvalue weighted by molar-refractivity contribution is 6.09. The van der Waals surface area contributed by atoms with E-state index < -0.39 is 0 Å². The van der Waals surface area contributed by atoms with Crippen molar-refractivity contribution in [3.8, 4) is 16.9 Å². The van der Waals surface area contributed by atoms with E-state index in [1.54, 1.807) is 6.07 Å². The van der Waals surface area contributed by atoms with Crippen LogP contribution in [0.15, 0.2) is 41.5 Å². The minimum Gasteiger partial charge on any atom is -0.483 e. The number of nitrogens with zero attached hydrogens (tertiary/aromatic N) is 3. The second kappa shape index (κ2) is 7.06. The van der Waals surface area contributed by atoms with Gasteiger partial charge >= 0.3 is 0 Å². The summed E-state index contributed by atoms with van der Waals surface area (Å²) < 4.78 is 20.9. The first-order chi connectivity index (χ1) is 14.1. The van der Waals surface area contributed by atoms with Gasteiger partial charge in [0.2, 0.25) is 0 Å². The van der Waals surface area contributed by atoms with Gasteiger partial charge in [-0.1, -0.05) is 12.1 Å². The monoisotopic (exact) mass is 394 g/mol. The minimum atomic E-state index is -0.381. The first kappa shape index (κ1) is 18.0. The highest BCUT2D eigenvalue weighted by Gasteiger charge is 2.35. The Labute approximate surface area is 168 Å². The number of carbonyl (C=O) groups is 1. The van der Waals surface area contributed by atoms with E-state index in [4.69, 9.17) is 4.74 Å². The standard InChI is InChI=1S/C22H23FN4O2/c1-14-22(28)25-24-20-13-29-19-12-15(8-9-17(19)27(14)20)21-16(23)6-5-7-18(21)26-10-3-2-4-11-26/h5-9,12,14H,2-4,10-11,13H2,1H3,(H,25,28)/t14-/m1/s1. The number of halogens is 1. The maximum Gasteiger partial charge on any atom is 0.262 e. The number of fused-ring (bicyclic) bond motifs is 3. The van der Waals surface area contributed by atoms with E-state index >= 15 is 0 Å². The largest absolute Gasteiger partial charge is 0.483 e. The smallest absolute Gasteiger partial charge is 0.262 e. The summed E-state index contributed by atoms with van der Waals surface area (Å²) in [4.78, 5) is 16.2. The highest BCUT2D eigenvalue weighted by Crippen LogP contribution is 2.41. The molecule has 150 valence electrons. The zero-order valence-corrected chi connectivity index (χ0v) is 16.3. The lowest BCUT2D eigenvalue weighted by Gasteiger charge is -2.38. The lowest BCUT2D eigenvalue weighted by Crippen LogP contribution is -2.55. The zero-order chi connectivity index (χ0) is 20.0. The summed E-state index contributed by atoms with van der Waals surface area (Å²) in [7, 11) is 0. The molecule has 1 amide bonds. The molecular weight excluding hydrogens is 371 g/mol. The van der Waals surface area contributed by atoms with Crippen molar-refractivity contribution in [2.45, 2.75) is 32.2 Å². The van der Waals surface area contributed by atoms with E-state index in [1.165, 1.54) is 12.5 Å². The van der Waals surface area contributed by atoms with E-state index in [1.807, 2.05) is 36.1 Å². The Hall–Kier alpha value is -3.09. The first-order valence-electron chi connectivity index (χ1n) is 10.1.